The fourth-order valence-corrected chi connectivity index (χ4v) is 4.86. The fourth-order valence-electron chi connectivity index (χ4n) is 3.83. The highest BCUT2D eigenvalue weighted by atomic mass is 32.1. The van der Waals surface area contributed by atoms with Crippen LogP contribution in [0.1, 0.15) is 43.7 Å². The van der Waals surface area contributed by atoms with Gasteiger partial charge in [0, 0.05) is 11.9 Å². The molecule has 3 atom stereocenters. The lowest BCUT2D eigenvalue weighted by molar-refractivity contribution is -0.154. The van der Waals surface area contributed by atoms with Gasteiger partial charge in [0.25, 0.3) is 0 Å². The molecule has 0 aliphatic heterocycles. The monoisotopic (exact) mass is 374 g/mol. The number of anilines is 1. The summed E-state index contributed by atoms with van der Waals surface area (Å²) >= 11 is 1.50. The number of carbonyl (C=O) groups excluding carboxylic acids is 1. The second-order valence-electron chi connectivity index (χ2n) is 7.27. The molecule has 0 amide bonds. The number of benzene rings is 1. The van der Waals surface area contributed by atoms with Crippen LogP contribution in [0.25, 0.3) is 10.4 Å². The second-order valence-corrected chi connectivity index (χ2v) is 8.30. The van der Waals surface area contributed by atoms with Crippen molar-refractivity contribution in [3.05, 3.63) is 35.0 Å². The van der Waals surface area contributed by atoms with Crippen molar-refractivity contribution in [3.63, 3.8) is 0 Å². The van der Waals surface area contributed by atoms with E-state index in [1.165, 1.54) is 11.3 Å². The summed E-state index contributed by atoms with van der Waals surface area (Å²) in [5.41, 5.74) is 7.80. The zero-order chi connectivity index (χ0) is 18.9. The van der Waals surface area contributed by atoms with Crippen molar-refractivity contribution in [2.75, 3.05) is 12.3 Å². The van der Waals surface area contributed by atoms with E-state index in [0.717, 1.165) is 21.7 Å². The largest absolute Gasteiger partial charge is 0.466 e. The van der Waals surface area contributed by atoms with Crippen molar-refractivity contribution in [1.29, 1.82) is 0 Å². The van der Waals surface area contributed by atoms with Crippen LogP contribution in [-0.4, -0.2) is 22.7 Å². The average Bonchev–Trinajstić information content (AvgIpc) is 3.05. The van der Waals surface area contributed by atoms with Crippen LogP contribution in [0, 0.1) is 18.8 Å². The molecule has 1 fully saturated rings. The molecule has 1 unspecified atom stereocenters. The summed E-state index contributed by atoms with van der Waals surface area (Å²) in [4.78, 5) is 17.6. The Morgan fingerprint density at radius 2 is 2.23 bits per heavy atom. The van der Waals surface area contributed by atoms with Crippen molar-refractivity contribution in [3.8, 4) is 10.4 Å². The van der Waals surface area contributed by atoms with E-state index in [2.05, 4.69) is 11.1 Å². The van der Waals surface area contributed by atoms with Crippen LogP contribution >= 0.6 is 11.3 Å². The van der Waals surface area contributed by atoms with Crippen LogP contribution in [0.2, 0.25) is 0 Å². The first-order valence-electron chi connectivity index (χ1n) is 9.05. The predicted molar refractivity (Wildman–Crippen MR) is 104 cm³/mol. The lowest BCUT2D eigenvalue weighted by Gasteiger charge is -2.37. The Bertz CT molecular complexity index is 784. The molecule has 1 aliphatic rings. The molecule has 2 aromatic rings. The third-order valence-corrected chi connectivity index (χ3v) is 6.33. The Hall–Kier alpha value is -1.92. The second kappa shape index (κ2) is 7.37. The molecular weight excluding hydrogens is 348 g/mol. The SMILES string of the molecule is CCOC(=O)C1CC[C@](O)(c2ncc(-c3cc(C)cc(N)c3)s2)C[C@H]1C. The number of aryl methyl sites for hydroxylation is 1. The first kappa shape index (κ1) is 18.9. The van der Waals surface area contributed by atoms with Gasteiger partial charge in [-0.25, -0.2) is 4.98 Å². The van der Waals surface area contributed by atoms with E-state index in [1.54, 1.807) is 6.20 Å². The molecule has 26 heavy (non-hydrogen) atoms. The van der Waals surface area contributed by atoms with Crippen molar-refractivity contribution in [2.24, 2.45) is 11.8 Å². The Morgan fingerprint density at radius 3 is 2.88 bits per heavy atom. The van der Waals surface area contributed by atoms with Gasteiger partial charge in [-0.05, 0) is 62.3 Å². The van der Waals surface area contributed by atoms with Gasteiger partial charge in [0.15, 0.2) is 0 Å². The molecule has 1 aliphatic carbocycles. The van der Waals surface area contributed by atoms with Gasteiger partial charge in [-0.15, -0.1) is 11.3 Å². The third kappa shape index (κ3) is 3.76. The number of aromatic nitrogens is 1. The van der Waals surface area contributed by atoms with E-state index in [4.69, 9.17) is 10.5 Å². The summed E-state index contributed by atoms with van der Waals surface area (Å²) in [5.74, 6) is -0.252. The molecule has 3 N–H and O–H groups in total. The predicted octanol–water partition coefficient (Wildman–Crippen LogP) is 3.89. The summed E-state index contributed by atoms with van der Waals surface area (Å²) < 4.78 is 5.16. The van der Waals surface area contributed by atoms with Crippen molar-refractivity contribution >= 4 is 23.0 Å². The minimum Gasteiger partial charge on any atom is -0.466 e. The highest BCUT2D eigenvalue weighted by Crippen LogP contribution is 2.45. The molecule has 6 heteroatoms. The number of thiazole rings is 1. The summed E-state index contributed by atoms with van der Waals surface area (Å²) in [6.45, 7) is 6.22. The summed E-state index contributed by atoms with van der Waals surface area (Å²) in [6, 6.07) is 5.92. The van der Waals surface area contributed by atoms with Gasteiger partial charge < -0.3 is 15.6 Å². The Labute approximate surface area is 158 Å². The maximum Gasteiger partial charge on any atom is 0.309 e. The molecule has 1 aromatic carbocycles. The molecule has 0 bridgehead atoms. The van der Waals surface area contributed by atoms with Crippen LogP contribution in [0.5, 0.6) is 0 Å². The van der Waals surface area contributed by atoms with Crippen LogP contribution in [0.15, 0.2) is 24.4 Å². The zero-order valence-corrected chi connectivity index (χ0v) is 16.3. The van der Waals surface area contributed by atoms with Crippen molar-refractivity contribution < 1.29 is 14.6 Å². The molecule has 3 rings (SSSR count). The van der Waals surface area contributed by atoms with Gasteiger partial charge in [-0.3, -0.25) is 4.79 Å². The molecule has 140 valence electrons. The van der Waals surface area contributed by atoms with Crippen LogP contribution in [0.3, 0.4) is 0 Å². The quantitative estimate of drug-likeness (QED) is 0.626. The van der Waals surface area contributed by atoms with Gasteiger partial charge >= 0.3 is 5.97 Å². The number of hydrogen-bond acceptors (Lipinski definition) is 6. The number of carbonyl (C=O) groups is 1. The van der Waals surface area contributed by atoms with Crippen LogP contribution < -0.4 is 5.73 Å². The number of esters is 1. The number of nitrogens with zero attached hydrogens (tertiary/aromatic N) is 1. The normalized spacial score (nSPS) is 25.8. The van der Waals surface area contributed by atoms with E-state index in [1.807, 2.05) is 32.9 Å². The number of hydrogen-bond donors (Lipinski definition) is 2. The fraction of sp³-hybridized carbons (Fsp3) is 0.500. The van der Waals surface area contributed by atoms with Gasteiger partial charge in [0.05, 0.1) is 17.4 Å². The van der Waals surface area contributed by atoms with Crippen LogP contribution in [-0.2, 0) is 15.1 Å². The number of aliphatic hydroxyl groups is 1. The molecular formula is C20H26N2O3S. The summed E-state index contributed by atoms with van der Waals surface area (Å²) in [5, 5.41) is 11.9. The van der Waals surface area contributed by atoms with E-state index in [-0.39, 0.29) is 17.8 Å². The highest BCUT2D eigenvalue weighted by molar-refractivity contribution is 7.15. The minimum atomic E-state index is -0.985. The van der Waals surface area contributed by atoms with E-state index < -0.39 is 5.60 Å². The maximum absolute atomic E-state index is 12.1. The molecule has 0 spiro atoms. The lowest BCUT2D eigenvalue weighted by atomic mass is 9.72. The topological polar surface area (TPSA) is 85.4 Å². The summed E-state index contributed by atoms with van der Waals surface area (Å²) in [7, 11) is 0. The first-order valence-corrected chi connectivity index (χ1v) is 9.87. The molecule has 5 nitrogen and oxygen atoms in total. The van der Waals surface area contributed by atoms with Crippen molar-refractivity contribution in [1.82, 2.24) is 4.98 Å². The number of nitrogens with two attached hydrogens (primary N) is 1. The molecule has 1 heterocycles. The van der Waals surface area contributed by atoms with Gasteiger partial charge in [0.2, 0.25) is 0 Å². The highest BCUT2D eigenvalue weighted by Gasteiger charge is 2.43. The van der Waals surface area contributed by atoms with E-state index in [9.17, 15) is 9.90 Å². The minimum absolute atomic E-state index is 0.0507. The smallest absolute Gasteiger partial charge is 0.309 e. The van der Waals surface area contributed by atoms with Gasteiger partial charge in [0.1, 0.15) is 10.6 Å². The molecule has 0 saturated heterocycles. The van der Waals surface area contributed by atoms with E-state index >= 15 is 0 Å². The number of nitrogen functional groups attached to an aromatic ring is 1. The van der Waals surface area contributed by atoms with Gasteiger partial charge in [-0.2, -0.15) is 0 Å². The first-order chi connectivity index (χ1) is 12.3. The lowest BCUT2D eigenvalue weighted by Crippen LogP contribution is -2.39. The van der Waals surface area contributed by atoms with E-state index in [0.29, 0.717) is 30.9 Å². The number of rotatable bonds is 4. The summed E-state index contributed by atoms with van der Waals surface area (Å²) in [6.07, 6.45) is 3.44. The standard InChI is InChI=1S/C20H26N2O3S/c1-4-25-18(23)16-5-6-20(24,10-13(16)3)19-22-11-17(26-19)14-7-12(2)8-15(21)9-14/h7-9,11,13,16,24H,4-6,10,21H2,1-3H3/t13-,16?,20-/m1/s1. The Balaban J connectivity index is 1.80. The van der Waals surface area contributed by atoms with Gasteiger partial charge in [-0.1, -0.05) is 13.0 Å². The molecule has 1 aromatic heterocycles. The zero-order valence-electron chi connectivity index (χ0n) is 15.5. The molecule has 0 radical (unpaired) electrons. The van der Waals surface area contributed by atoms with Crippen LogP contribution in [0.4, 0.5) is 5.69 Å². The third-order valence-electron chi connectivity index (χ3n) is 5.09. The maximum atomic E-state index is 12.1. The average molecular weight is 375 g/mol. The number of ether oxygens (including phenoxy) is 1. The molecule has 1 saturated carbocycles. The Morgan fingerprint density at radius 1 is 1.46 bits per heavy atom. The van der Waals surface area contributed by atoms with Crippen molar-refractivity contribution in [2.45, 2.75) is 45.6 Å². The Kier molecular flexibility index (Phi) is 5.34.